The third kappa shape index (κ3) is 6.15. The molecule has 5 rings (SSSR count). The largest absolute Gasteiger partial charge is 0.382 e. The van der Waals surface area contributed by atoms with Crippen LogP contribution in [0, 0.1) is 5.41 Å². The number of nitrogens with zero attached hydrogens (tertiary/aromatic N) is 4. The summed E-state index contributed by atoms with van der Waals surface area (Å²) >= 11 is 0. The molecule has 9 nitrogen and oxygen atoms in total. The van der Waals surface area contributed by atoms with Crippen LogP contribution < -0.4 is 20.4 Å². The minimum Gasteiger partial charge on any atom is -0.382 e. The summed E-state index contributed by atoms with van der Waals surface area (Å²) in [6.45, 7) is 10.8. The quantitative estimate of drug-likeness (QED) is 0.549. The lowest BCUT2D eigenvalue weighted by atomic mass is 9.93. The Morgan fingerprint density at radius 3 is 2.57 bits per heavy atom. The third-order valence-electron chi connectivity index (χ3n) is 7.71. The van der Waals surface area contributed by atoms with Crippen molar-refractivity contribution in [1.29, 1.82) is 0 Å². The normalized spacial score (nSPS) is 21.1. The van der Waals surface area contributed by atoms with Crippen LogP contribution >= 0.6 is 0 Å². The lowest BCUT2D eigenvalue weighted by Gasteiger charge is -2.34. The Morgan fingerprint density at radius 1 is 1.08 bits per heavy atom. The number of morpholine rings is 1. The van der Waals surface area contributed by atoms with Crippen molar-refractivity contribution in [2.45, 2.75) is 58.1 Å². The van der Waals surface area contributed by atoms with Crippen LogP contribution in [0.4, 0.5) is 23.3 Å². The first-order chi connectivity index (χ1) is 17.8. The molecular weight excluding hydrogens is 468 g/mol. The van der Waals surface area contributed by atoms with Gasteiger partial charge in [0, 0.05) is 33.3 Å². The molecule has 2 N–H and O–H groups in total. The Morgan fingerprint density at radius 2 is 1.86 bits per heavy atom. The van der Waals surface area contributed by atoms with Gasteiger partial charge in [-0.05, 0) is 76.1 Å². The summed E-state index contributed by atoms with van der Waals surface area (Å²) in [5.74, 6) is 2.65. The third-order valence-corrected chi connectivity index (χ3v) is 7.71. The molecular formula is C28H40N6O3. The minimum absolute atomic E-state index is 0.155. The molecule has 2 aromatic rings. The van der Waals surface area contributed by atoms with E-state index in [0.29, 0.717) is 30.0 Å². The zero-order valence-electron chi connectivity index (χ0n) is 22.5. The van der Waals surface area contributed by atoms with Crippen molar-refractivity contribution in [3.63, 3.8) is 0 Å². The molecule has 1 saturated carbocycles. The first-order valence-electron chi connectivity index (χ1n) is 13.4. The van der Waals surface area contributed by atoms with Gasteiger partial charge in [-0.25, -0.2) is 9.97 Å². The zero-order valence-corrected chi connectivity index (χ0v) is 22.5. The highest BCUT2D eigenvalue weighted by molar-refractivity contribution is 6.07. The number of pyridine rings is 2. The highest BCUT2D eigenvalue weighted by Crippen LogP contribution is 2.54. The van der Waals surface area contributed by atoms with E-state index in [-0.39, 0.29) is 17.6 Å². The molecule has 2 saturated heterocycles. The summed E-state index contributed by atoms with van der Waals surface area (Å²) in [7, 11) is 1.69. The Hall–Kier alpha value is -2.91. The van der Waals surface area contributed by atoms with E-state index in [1.54, 1.807) is 7.11 Å². The number of rotatable bonds is 8. The maximum absolute atomic E-state index is 13.6. The van der Waals surface area contributed by atoms with E-state index >= 15 is 0 Å². The summed E-state index contributed by atoms with van der Waals surface area (Å²) in [5.41, 5.74) is 0.815. The number of hydrogen-bond acceptors (Lipinski definition) is 8. The zero-order chi connectivity index (χ0) is 26.0. The number of amides is 1. The van der Waals surface area contributed by atoms with E-state index in [4.69, 9.17) is 19.4 Å². The van der Waals surface area contributed by atoms with Crippen LogP contribution in [0.5, 0.6) is 0 Å². The van der Waals surface area contributed by atoms with Gasteiger partial charge in [0.15, 0.2) is 0 Å². The number of carbonyl (C=O) groups is 1. The molecule has 3 fully saturated rings. The van der Waals surface area contributed by atoms with E-state index in [1.165, 1.54) is 12.8 Å². The summed E-state index contributed by atoms with van der Waals surface area (Å²) in [4.78, 5) is 27.7. The second kappa shape index (κ2) is 10.5. The molecule has 2 aliphatic heterocycles. The first-order valence-corrected chi connectivity index (χ1v) is 13.4. The maximum atomic E-state index is 13.6. The highest BCUT2D eigenvalue weighted by Gasteiger charge is 2.45. The summed E-state index contributed by atoms with van der Waals surface area (Å²) < 4.78 is 11.0. The monoisotopic (exact) mass is 508 g/mol. The number of aromatic nitrogens is 2. The predicted octanol–water partition coefficient (Wildman–Crippen LogP) is 4.17. The molecule has 1 atom stereocenters. The number of methoxy groups -OCH3 is 1. The molecule has 0 radical (unpaired) electrons. The van der Waals surface area contributed by atoms with E-state index in [0.717, 1.165) is 56.5 Å². The van der Waals surface area contributed by atoms with Gasteiger partial charge in [-0.3, -0.25) is 4.79 Å². The van der Waals surface area contributed by atoms with Crippen molar-refractivity contribution in [1.82, 2.24) is 9.97 Å². The fourth-order valence-corrected chi connectivity index (χ4v) is 5.43. The van der Waals surface area contributed by atoms with Gasteiger partial charge < -0.3 is 29.9 Å². The molecule has 1 amide bonds. The van der Waals surface area contributed by atoms with Crippen LogP contribution in [0.15, 0.2) is 30.3 Å². The molecule has 37 heavy (non-hydrogen) atoms. The van der Waals surface area contributed by atoms with E-state index in [2.05, 4.69) is 41.2 Å². The van der Waals surface area contributed by atoms with E-state index in [1.807, 2.05) is 30.3 Å². The van der Waals surface area contributed by atoms with E-state index in [9.17, 15) is 4.79 Å². The first kappa shape index (κ1) is 25.7. The van der Waals surface area contributed by atoms with Crippen molar-refractivity contribution in [3.05, 3.63) is 35.9 Å². The van der Waals surface area contributed by atoms with Crippen molar-refractivity contribution >= 4 is 29.2 Å². The van der Waals surface area contributed by atoms with E-state index < -0.39 is 0 Å². The molecule has 0 aromatic carbocycles. The van der Waals surface area contributed by atoms with Crippen LogP contribution in [0.25, 0.3) is 0 Å². The molecule has 1 aliphatic carbocycles. The Balaban J connectivity index is 1.37. The van der Waals surface area contributed by atoms with Gasteiger partial charge in [0.05, 0.1) is 30.4 Å². The Labute approximate surface area is 219 Å². The second-order valence-corrected chi connectivity index (χ2v) is 11.5. The average Bonchev–Trinajstić information content (AvgIpc) is 3.63. The highest BCUT2D eigenvalue weighted by atomic mass is 16.5. The fourth-order valence-electron chi connectivity index (χ4n) is 5.43. The molecule has 4 heterocycles. The molecule has 200 valence electrons. The summed E-state index contributed by atoms with van der Waals surface area (Å²) in [6, 6.07) is 9.49. The molecule has 0 bridgehead atoms. The van der Waals surface area contributed by atoms with Crippen molar-refractivity contribution < 1.29 is 14.3 Å². The number of carbonyl (C=O) groups excluding carboxylic acids is 1. The maximum Gasteiger partial charge on any atom is 0.260 e. The van der Waals surface area contributed by atoms with Crippen molar-refractivity contribution in [3.8, 4) is 0 Å². The SMILES string of the molecule is COCC(C)(C)Nc1ccc(C(=O)Nc2cccc(N3CCO[C@H](C)C3)n2)c(N2CCC3(CC2)CC3)n1. The molecule has 0 unspecified atom stereocenters. The Bertz CT molecular complexity index is 1110. The number of nitrogens with one attached hydrogen (secondary N) is 2. The standard InChI is InChI=1S/C28H40N6O3/c1-20-18-34(16-17-37-20)24-7-5-6-22(29-24)31-26(35)21-8-9-23(32-27(2,3)19-36-4)30-25(21)33-14-12-28(10-11-28)13-15-33/h5-9,20H,10-19H2,1-4H3,(H,30,32)(H,29,31,35)/t20-/m1/s1. The number of anilines is 4. The number of hydrogen-bond donors (Lipinski definition) is 2. The van der Waals surface area contributed by atoms with Gasteiger partial charge in [-0.2, -0.15) is 0 Å². The van der Waals surface area contributed by atoms with Crippen LogP contribution in [0.3, 0.4) is 0 Å². The average molecular weight is 509 g/mol. The predicted molar refractivity (Wildman–Crippen MR) is 147 cm³/mol. The van der Waals surface area contributed by atoms with Gasteiger partial charge in [-0.15, -0.1) is 0 Å². The topological polar surface area (TPSA) is 91.8 Å². The van der Waals surface area contributed by atoms with Gasteiger partial charge >= 0.3 is 0 Å². The summed E-state index contributed by atoms with van der Waals surface area (Å²) in [6.07, 6.45) is 5.13. The van der Waals surface area contributed by atoms with Crippen LogP contribution in [0.1, 0.15) is 56.8 Å². The van der Waals surface area contributed by atoms with Crippen LogP contribution in [-0.2, 0) is 9.47 Å². The summed E-state index contributed by atoms with van der Waals surface area (Å²) in [5, 5.41) is 6.50. The molecule has 9 heteroatoms. The lowest BCUT2D eigenvalue weighted by Crippen LogP contribution is -2.41. The minimum atomic E-state index is -0.288. The molecule has 1 spiro atoms. The van der Waals surface area contributed by atoms with Gasteiger partial charge in [0.1, 0.15) is 23.3 Å². The number of piperidine rings is 1. The molecule has 2 aromatic heterocycles. The van der Waals surface area contributed by atoms with Crippen LogP contribution in [-0.4, -0.2) is 74.0 Å². The molecule has 3 aliphatic rings. The van der Waals surface area contributed by atoms with Gasteiger partial charge in [0.2, 0.25) is 0 Å². The van der Waals surface area contributed by atoms with Crippen LogP contribution in [0.2, 0.25) is 0 Å². The van der Waals surface area contributed by atoms with Crippen molar-refractivity contribution in [2.24, 2.45) is 5.41 Å². The van der Waals surface area contributed by atoms with Crippen molar-refractivity contribution in [2.75, 3.05) is 66.9 Å². The Kier molecular flexibility index (Phi) is 7.27. The fraction of sp³-hybridized carbons (Fsp3) is 0.607. The lowest BCUT2D eigenvalue weighted by molar-refractivity contribution is 0.0529. The second-order valence-electron chi connectivity index (χ2n) is 11.5. The van der Waals surface area contributed by atoms with Gasteiger partial charge in [0.25, 0.3) is 5.91 Å². The van der Waals surface area contributed by atoms with Gasteiger partial charge in [-0.1, -0.05) is 6.07 Å². The smallest absolute Gasteiger partial charge is 0.260 e. The number of ether oxygens (including phenoxy) is 2.